The Kier molecular flexibility index (Phi) is 8.77. The molecule has 0 unspecified atom stereocenters. The van der Waals surface area contributed by atoms with Crippen LogP contribution in [-0.4, -0.2) is 37.2 Å². The van der Waals surface area contributed by atoms with E-state index in [9.17, 15) is 12.8 Å². The maximum absolute atomic E-state index is 15.7. The average Bonchev–Trinajstić information content (AvgIpc) is 3.11. The third-order valence-electron chi connectivity index (χ3n) is 4.02. The molecule has 1 aromatic heterocycles. The van der Waals surface area contributed by atoms with Crippen molar-refractivity contribution in [1.82, 2.24) is 15.1 Å². The van der Waals surface area contributed by atoms with E-state index in [0.29, 0.717) is 17.8 Å². The summed E-state index contributed by atoms with van der Waals surface area (Å²) in [4.78, 5) is 5.98. The van der Waals surface area contributed by atoms with Crippen molar-refractivity contribution in [2.75, 3.05) is 5.01 Å². The van der Waals surface area contributed by atoms with Crippen LogP contribution in [0.15, 0.2) is 41.4 Å². The lowest BCUT2D eigenvalue weighted by Crippen LogP contribution is -2.56. The molecule has 0 bridgehead atoms. The van der Waals surface area contributed by atoms with Crippen LogP contribution in [0.5, 0.6) is 0 Å². The lowest BCUT2D eigenvalue weighted by Gasteiger charge is -2.33. The second-order valence-corrected chi connectivity index (χ2v) is 10.0. The molecule has 0 aliphatic rings. The third kappa shape index (κ3) is 6.85. The number of alkyl halides is 2. The summed E-state index contributed by atoms with van der Waals surface area (Å²) in [6.07, 6.45) is -0.104. The summed E-state index contributed by atoms with van der Waals surface area (Å²) < 4.78 is 54.8. The number of anilines is 1. The van der Waals surface area contributed by atoms with Crippen LogP contribution >= 0.6 is 22.9 Å². The number of rotatable bonds is 11. The van der Waals surface area contributed by atoms with E-state index in [2.05, 4.69) is 15.1 Å². The van der Waals surface area contributed by atoms with Gasteiger partial charge in [0.05, 0.1) is 17.1 Å². The number of hydrogen-bond donors (Lipinski definition) is 2. The van der Waals surface area contributed by atoms with E-state index >= 15 is 4.39 Å². The van der Waals surface area contributed by atoms with E-state index in [1.807, 2.05) is 20.8 Å². The fourth-order valence-electron chi connectivity index (χ4n) is 2.64. The van der Waals surface area contributed by atoms with Gasteiger partial charge in [-0.25, -0.2) is 22.8 Å². The highest BCUT2D eigenvalue weighted by molar-refractivity contribution is 7.89. The SMILES string of the molecule is CC[C@H](Cl)C[C@H](NC(C)C)[C@H](F)N(NS(=O)(=O)c1ccccc1)c1ncc(F)s1. The van der Waals surface area contributed by atoms with Crippen LogP contribution in [-0.2, 0) is 10.0 Å². The van der Waals surface area contributed by atoms with Gasteiger partial charge in [0, 0.05) is 11.4 Å². The first-order valence-corrected chi connectivity index (χ1v) is 11.9. The van der Waals surface area contributed by atoms with E-state index in [-0.39, 0.29) is 27.9 Å². The number of halogens is 3. The first-order chi connectivity index (χ1) is 13.6. The van der Waals surface area contributed by atoms with Gasteiger partial charge >= 0.3 is 0 Å². The number of hydrogen-bond acceptors (Lipinski definition) is 6. The number of hydrazine groups is 1. The minimum absolute atomic E-state index is 0.0497. The second kappa shape index (κ2) is 10.6. The van der Waals surface area contributed by atoms with Gasteiger partial charge in [0.15, 0.2) is 5.13 Å². The number of nitrogens with zero attached hydrogens (tertiary/aromatic N) is 2. The Morgan fingerprint density at radius 3 is 2.45 bits per heavy atom. The molecule has 11 heteroatoms. The number of thiazole rings is 1. The highest BCUT2D eigenvalue weighted by Crippen LogP contribution is 2.26. The zero-order valence-electron chi connectivity index (χ0n) is 16.3. The van der Waals surface area contributed by atoms with Crippen LogP contribution in [0.2, 0.25) is 0 Å². The van der Waals surface area contributed by atoms with Crippen molar-refractivity contribution in [2.45, 2.75) is 62.3 Å². The summed E-state index contributed by atoms with van der Waals surface area (Å²) in [5.74, 6) is 0. The van der Waals surface area contributed by atoms with Crippen molar-refractivity contribution in [2.24, 2.45) is 0 Å². The molecule has 0 amide bonds. The smallest absolute Gasteiger partial charge is 0.257 e. The van der Waals surface area contributed by atoms with E-state index in [4.69, 9.17) is 11.6 Å². The molecule has 29 heavy (non-hydrogen) atoms. The van der Waals surface area contributed by atoms with Gasteiger partial charge in [-0.15, -0.1) is 16.4 Å². The maximum atomic E-state index is 15.7. The van der Waals surface area contributed by atoms with Crippen LogP contribution in [0.4, 0.5) is 13.9 Å². The Morgan fingerprint density at radius 1 is 1.28 bits per heavy atom. The Labute approximate surface area is 179 Å². The minimum Gasteiger partial charge on any atom is -0.307 e. The predicted molar refractivity (Wildman–Crippen MR) is 113 cm³/mol. The second-order valence-electron chi connectivity index (χ2n) is 6.77. The van der Waals surface area contributed by atoms with Crippen molar-refractivity contribution >= 4 is 38.1 Å². The summed E-state index contributed by atoms with van der Waals surface area (Å²) in [5, 5.41) is 2.70. The first-order valence-electron chi connectivity index (χ1n) is 9.16. The molecule has 162 valence electrons. The molecule has 0 saturated carbocycles. The maximum Gasteiger partial charge on any atom is 0.257 e. The third-order valence-corrected chi connectivity index (χ3v) is 6.62. The standard InChI is InChI=1S/C18H25ClF2N4O2S2/c1-4-13(19)10-15(23-12(2)3)17(21)25(18-22-11-16(20)28-18)24-29(26,27)14-8-6-5-7-9-14/h5-9,11-13,15,17,23-24H,4,10H2,1-3H3/t13-,15-,17+/m0/s1. The molecule has 1 heterocycles. The largest absolute Gasteiger partial charge is 0.307 e. The van der Waals surface area contributed by atoms with Gasteiger partial charge in [-0.05, 0) is 25.0 Å². The van der Waals surface area contributed by atoms with E-state index in [0.717, 1.165) is 11.2 Å². The monoisotopic (exact) mass is 466 g/mol. The summed E-state index contributed by atoms with van der Waals surface area (Å²) in [6.45, 7) is 5.57. The summed E-state index contributed by atoms with van der Waals surface area (Å²) in [5.41, 5.74) is 0. The fraction of sp³-hybridized carbons (Fsp3) is 0.500. The molecule has 0 radical (unpaired) electrons. The van der Waals surface area contributed by atoms with Crippen LogP contribution in [0.1, 0.15) is 33.6 Å². The summed E-state index contributed by atoms with van der Waals surface area (Å²) in [6, 6.07) is 6.63. The van der Waals surface area contributed by atoms with Gasteiger partial charge in [0.1, 0.15) is 0 Å². The molecule has 0 spiro atoms. The molecule has 6 nitrogen and oxygen atoms in total. The number of benzene rings is 1. The molecule has 1 aromatic carbocycles. The van der Waals surface area contributed by atoms with Crippen molar-refractivity contribution in [3.8, 4) is 0 Å². The topological polar surface area (TPSA) is 74.3 Å². The van der Waals surface area contributed by atoms with Crippen LogP contribution in [0.25, 0.3) is 0 Å². The molecular formula is C18H25ClF2N4O2S2. The van der Waals surface area contributed by atoms with Crippen LogP contribution in [0, 0.1) is 5.13 Å². The van der Waals surface area contributed by atoms with Gasteiger partial charge in [-0.3, -0.25) is 0 Å². The normalized spacial score (nSPS) is 15.3. The highest BCUT2D eigenvalue weighted by Gasteiger charge is 2.34. The van der Waals surface area contributed by atoms with Gasteiger partial charge in [-0.1, -0.05) is 50.3 Å². The zero-order chi connectivity index (χ0) is 21.6. The van der Waals surface area contributed by atoms with Crippen LogP contribution < -0.4 is 15.2 Å². The molecule has 2 rings (SSSR count). The molecule has 0 aliphatic heterocycles. The zero-order valence-corrected chi connectivity index (χ0v) is 18.7. The van der Waals surface area contributed by atoms with Crippen molar-refractivity contribution in [1.29, 1.82) is 0 Å². The molecule has 2 N–H and O–H groups in total. The molecule has 3 atom stereocenters. The molecule has 0 fully saturated rings. The van der Waals surface area contributed by atoms with Crippen molar-refractivity contribution < 1.29 is 17.2 Å². The van der Waals surface area contributed by atoms with Crippen LogP contribution in [0.3, 0.4) is 0 Å². The summed E-state index contributed by atoms with van der Waals surface area (Å²) in [7, 11) is -4.12. The van der Waals surface area contributed by atoms with Gasteiger partial charge < -0.3 is 5.32 Å². The van der Waals surface area contributed by atoms with Gasteiger partial charge in [0.25, 0.3) is 10.0 Å². The lowest BCUT2D eigenvalue weighted by atomic mass is 10.1. The van der Waals surface area contributed by atoms with E-state index < -0.39 is 27.5 Å². The van der Waals surface area contributed by atoms with E-state index in [1.54, 1.807) is 18.2 Å². The van der Waals surface area contributed by atoms with Gasteiger partial charge in [-0.2, -0.15) is 4.39 Å². The number of nitrogens with one attached hydrogen (secondary N) is 2. The Balaban J connectivity index is 2.38. The molecular weight excluding hydrogens is 442 g/mol. The Hall–Kier alpha value is -1.33. The van der Waals surface area contributed by atoms with Crippen molar-refractivity contribution in [3.63, 3.8) is 0 Å². The Morgan fingerprint density at radius 2 is 1.93 bits per heavy atom. The highest BCUT2D eigenvalue weighted by atomic mass is 35.5. The predicted octanol–water partition coefficient (Wildman–Crippen LogP) is 4.05. The average molecular weight is 467 g/mol. The Bertz CT molecular complexity index is 868. The minimum atomic E-state index is -4.12. The summed E-state index contributed by atoms with van der Waals surface area (Å²) >= 11 is 6.78. The number of sulfonamides is 1. The van der Waals surface area contributed by atoms with E-state index in [1.165, 1.54) is 12.1 Å². The molecule has 0 aliphatic carbocycles. The molecule has 2 aromatic rings. The van der Waals surface area contributed by atoms with Crippen molar-refractivity contribution in [3.05, 3.63) is 41.7 Å². The first kappa shape index (κ1) is 23.9. The van der Waals surface area contributed by atoms with Gasteiger partial charge in [0.2, 0.25) is 11.4 Å². The molecule has 0 saturated heterocycles. The fourth-order valence-corrected chi connectivity index (χ4v) is 4.59. The lowest BCUT2D eigenvalue weighted by molar-refractivity contribution is 0.213. The number of aromatic nitrogens is 1. The quantitative estimate of drug-likeness (QED) is 0.297.